The minimum absolute atomic E-state index is 0.0265. The molecular weight excluding hydrogens is 230 g/mol. The van der Waals surface area contributed by atoms with Crippen molar-refractivity contribution >= 4 is 6.08 Å². The van der Waals surface area contributed by atoms with E-state index in [1.54, 1.807) is 16.2 Å². The zero-order valence-electron chi connectivity index (χ0n) is 11.5. The summed E-state index contributed by atoms with van der Waals surface area (Å²) in [5.74, 6) is 0. The molecule has 5 heteroatoms. The predicted octanol–water partition coefficient (Wildman–Crippen LogP) is 0.240. The standard InChI is InChI=1S/C13H21N3O2/c1-14(2)7-8-18-10-5-6-11-12(9-10)16(4)13(17)15(11)3/h5-6,10H,7-9H2,1-4H3. The monoisotopic (exact) mass is 251 g/mol. The molecule has 0 fully saturated rings. The van der Waals surface area contributed by atoms with Crippen molar-refractivity contribution in [3.8, 4) is 0 Å². The minimum atomic E-state index is 0.0265. The highest BCUT2D eigenvalue weighted by atomic mass is 16.5. The van der Waals surface area contributed by atoms with Gasteiger partial charge in [-0.25, -0.2) is 4.79 Å². The summed E-state index contributed by atoms with van der Waals surface area (Å²) in [6.07, 6.45) is 4.87. The van der Waals surface area contributed by atoms with Gasteiger partial charge in [0.2, 0.25) is 0 Å². The Morgan fingerprint density at radius 3 is 2.78 bits per heavy atom. The summed E-state index contributed by atoms with van der Waals surface area (Å²) >= 11 is 0. The second kappa shape index (κ2) is 5.12. The van der Waals surface area contributed by atoms with Crippen molar-refractivity contribution in [2.24, 2.45) is 14.1 Å². The van der Waals surface area contributed by atoms with Gasteiger partial charge >= 0.3 is 5.69 Å². The van der Waals surface area contributed by atoms with E-state index in [9.17, 15) is 4.79 Å². The number of rotatable bonds is 4. The van der Waals surface area contributed by atoms with Crippen molar-refractivity contribution in [1.29, 1.82) is 0 Å². The lowest BCUT2D eigenvalue weighted by Gasteiger charge is -2.20. The molecule has 1 heterocycles. The van der Waals surface area contributed by atoms with Gasteiger partial charge in [-0.1, -0.05) is 6.08 Å². The van der Waals surface area contributed by atoms with Crippen molar-refractivity contribution < 1.29 is 4.74 Å². The summed E-state index contributed by atoms with van der Waals surface area (Å²) < 4.78 is 9.19. The van der Waals surface area contributed by atoms with Crippen LogP contribution in [-0.2, 0) is 25.3 Å². The van der Waals surface area contributed by atoms with Gasteiger partial charge in [0.1, 0.15) is 0 Å². The molecule has 0 radical (unpaired) electrons. The van der Waals surface area contributed by atoms with Gasteiger partial charge in [0.15, 0.2) is 0 Å². The van der Waals surface area contributed by atoms with Crippen LogP contribution in [0.3, 0.4) is 0 Å². The molecule has 0 saturated heterocycles. The zero-order chi connectivity index (χ0) is 13.3. The number of hydrogen-bond donors (Lipinski definition) is 0. The van der Waals surface area contributed by atoms with Crippen LogP contribution in [0.1, 0.15) is 11.4 Å². The number of fused-ring (bicyclic) bond motifs is 1. The second-order valence-corrected chi connectivity index (χ2v) is 5.01. The molecule has 0 amide bonds. The molecule has 100 valence electrons. The van der Waals surface area contributed by atoms with Gasteiger partial charge in [0.05, 0.1) is 18.4 Å². The number of ether oxygens (including phenoxy) is 1. The third kappa shape index (κ3) is 2.42. The first kappa shape index (κ1) is 13.1. The molecule has 0 N–H and O–H groups in total. The highest BCUT2D eigenvalue weighted by molar-refractivity contribution is 5.52. The van der Waals surface area contributed by atoms with E-state index in [2.05, 4.69) is 4.90 Å². The van der Waals surface area contributed by atoms with Crippen LogP contribution in [0.25, 0.3) is 6.08 Å². The third-order valence-corrected chi connectivity index (χ3v) is 3.37. The lowest BCUT2D eigenvalue weighted by molar-refractivity contribution is 0.0725. The van der Waals surface area contributed by atoms with E-state index in [0.717, 1.165) is 24.4 Å². The quantitative estimate of drug-likeness (QED) is 0.769. The van der Waals surface area contributed by atoms with Gasteiger partial charge < -0.3 is 9.64 Å². The molecular formula is C13H21N3O2. The Balaban J connectivity index is 2.06. The number of likely N-dealkylation sites (N-methyl/N-ethyl adjacent to an activating group) is 1. The van der Waals surface area contributed by atoms with Crippen LogP contribution in [-0.4, -0.2) is 47.4 Å². The number of nitrogens with zero attached hydrogens (tertiary/aromatic N) is 3. The molecule has 1 unspecified atom stereocenters. The normalized spacial score (nSPS) is 18.4. The molecule has 0 spiro atoms. The van der Waals surface area contributed by atoms with Crippen LogP contribution in [0.2, 0.25) is 0 Å². The van der Waals surface area contributed by atoms with E-state index < -0.39 is 0 Å². The molecule has 1 aromatic heterocycles. The van der Waals surface area contributed by atoms with Crippen LogP contribution in [0.4, 0.5) is 0 Å². The Labute approximate surface area is 107 Å². The summed E-state index contributed by atoms with van der Waals surface area (Å²) in [5, 5.41) is 0. The first-order valence-electron chi connectivity index (χ1n) is 6.20. The van der Waals surface area contributed by atoms with E-state index in [-0.39, 0.29) is 11.8 Å². The van der Waals surface area contributed by atoms with Gasteiger partial charge in [-0.2, -0.15) is 0 Å². The summed E-state index contributed by atoms with van der Waals surface area (Å²) in [5.41, 5.74) is 2.08. The first-order valence-corrected chi connectivity index (χ1v) is 6.20. The summed E-state index contributed by atoms with van der Waals surface area (Å²) in [6.45, 7) is 1.61. The van der Waals surface area contributed by atoms with Gasteiger partial charge in [-0.15, -0.1) is 0 Å². The van der Waals surface area contributed by atoms with Crippen LogP contribution in [0.15, 0.2) is 10.9 Å². The molecule has 0 aliphatic heterocycles. The summed E-state index contributed by atoms with van der Waals surface area (Å²) in [6, 6.07) is 0. The van der Waals surface area contributed by atoms with E-state index >= 15 is 0 Å². The average Bonchev–Trinajstić information content (AvgIpc) is 2.54. The SMILES string of the molecule is CN(C)CCOC1C=Cc2c(n(C)c(=O)n2C)C1. The molecule has 0 bridgehead atoms. The van der Waals surface area contributed by atoms with E-state index in [0.29, 0.717) is 6.61 Å². The van der Waals surface area contributed by atoms with Crippen molar-refractivity contribution in [2.75, 3.05) is 27.2 Å². The number of imidazole rings is 1. The van der Waals surface area contributed by atoms with Gasteiger partial charge in [-0.3, -0.25) is 9.13 Å². The van der Waals surface area contributed by atoms with Gasteiger partial charge in [0, 0.05) is 32.8 Å². The minimum Gasteiger partial charge on any atom is -0.372 e. The molecule has 1 aliphatic rings. The Morgan fingerprint density at radius 1 is 1.39 bits per heavy atom. The Bertz CT molecular complexity index is 511. The number of aromatic nitrogens is 2. The smallest absolute Gasteiger partial charge is 0.328 e. The van der Waals surface area contributed by atoms with Crippen molar-refractivity contribution in [3.05, 3.63) is 27.9 Å². The third-order valence-electron chi connectivity index (χ3n) is 3.37. The van der Waals surface area contributed by atoms with Gasteiger partial charge in [-0.05, 0) is 20.2 Å². The Morgan fingerprint density at radius 2 is 2.11 bits per heavy atom. The highest BCUT2D eigenvalue weighted by Gasteiger charge is 2.21. The molecule has 1 atom stereocenters. The molecule has 2 rings (SSSR count). The highest BCUT2D eigenvalue weighted by Crippen LogP contribution is 2.19. The second-order valence-electron chi connectivity index (χ2n) is 5.01. The zero-order valence-corrected chi connectivity index (χ0v) is 11.5. The maximum atomic E-state index is 11.8. The molecule has 0 aromatic carbocycles. The largest absolute Gasteiger partial charge is 0.372 e. The average molecular weight is 251 g/mol. The molecule has 18 heavy (non-hydrogen) atoms. The van der Waals surface area contributed by atoms with Crippen LogP contribution >= 0.6 is 0 Å². The molecule has 5 nitrogen and oxygen atoms in total. The molecule has 1 aromatic rings. The van der Waals surface area contributed by atoms with Crippen molar-refractivity contribution in [1.82, 2.24) is 14.0 Å². The van der Waals surface area contributed by atoms with Crippen LogP contribution < -0.4 is 5.69 Å². The maximum absolute atomic E-state index is 11.8. The number of hydrogen-bond acceptors (Lipinski definition) is 3. The molecule has 0 saturated carbocycles. The van der Waals surface area contributed by atoms with Crippen molar-refractivity contribution in [2.45, 2.75) is 12.5 Å². The Hall–Kier alpha value is -1.33. The van der Waals surface area contributed by atoms with Gasteiger partial charge in [0.25, 0.3) is 0 Å². The topological polar surface area (TPSA) is 39.4 Å². The fourth-order valence-corrected chi connectivity index (χ4v) is 2.22. The Kier molecular flexibility index (Phi) is 3.73. The van der Waals surface area contributed by atoms with E-state index in [1.165, 1.54) is 0 Å². The van der Waals surface area contributed by atoms with Crippen LogP contribution in [0, 0.1) is 0 Å². The van der Waals surface area contributed by atoms with E-state index in [4.69, 9.17) is 4.74 Å². The van der Waals surface area contributed by atoms with Crippen LogP contribution in [0.5, 0.6) is 0 Å². The fraction of sp³-hybridized carbons (Fsp3) is 0.615. The maximum Gasteiger partial charge on any atom is 0.328 e. The van der Waals surface area contributed by atoms with Crippen molar-refractivity contribution in [3.63, 3.8) is 0 Å². The lowest BCUT2D eigenvalue weighted by atomic mass is 10.1. The summed E-state index contributed by atoms with van der Waals surface area (Å²) in [7, 11) is 7.67. The fourth-order valence-electron chi connectivity index (χ4n) is 2.22. The summed E-state index contributed by atoms with van der Waals surface area (Å²) in [4.78, 5) is 13.9. The molecule has 1 aliphatic carbocycles. The predicted molar refractivity (Wildman–Crippen MR) is 71.7 cm³/mol. The lowest BCUT2D eigenvalue weighted by Crippen LogP contribution is -2.25. The van der Waals surface area contributed by atoms with E-state index in [1.807, 2.05) is 33.3 Å². The first-order chi connectivity index (χ1) is 8.50.